The van der Waals surface area contributed by atoms with Crippen molar-refractivity contribution < 1.29 is 14.3 Å². The number of carbonyl (C=O) groups excluding carboxylic acids is 1. The average molecular weight is 397 g/mol. The van der Waals surface area contributed by atoms with Gasteiger partial charge in [-0.15, -0.1) is 0 Å². The lowest BCUT2D eigenvalue weighted by atomic mass is 10.2. The van der Waals surface area contributed by atoms with Gasteiger partial charge in [-0.3, -0.25) is 4.79 Å². The van der Waals surface area contributed by atoms with Gasteiger partial charge in [-0.25, -0.2) is 0 Å². The summed E-state index contributed by atoms with van der Waals surface area (Å²) in [5.41, 5.74) is 2.72. The highest BCUT2D eigenvalue weighted by atomic mass is 35.5. The van der Waals surface area contributed by atoms with Crippen molar-refractivity contribution >= 4 is 28.9 Å². The summed E-state index contributed by atoms with van der Waals surface area (Å²) >= 11 is 5.90. The highest BCUT2D eigenvalue weighted by Crippen LogP contribution is 2.28. The molecule has 28 heavy (non-hydrogen) atoms. The smallest absolute Gasteiger partial charge is 0.262 e. The summed E-state index contributed by atoms with van der Waals surface area (Å²) in [6, 6.07) is 22.4. The molecule has 0 radical (unpaired) electrons. The monoisotopic (exact) mass is 396 g/mol. The lowest BCUT2D eigenvalue weighted by Crippen LogP contribution is -2.20. The van der Waals surface area contributed by atoms with Crippen molar-refractivity contribution in [1.29, 1.82) is 0 Å². The van der Waals surface area contributed by atoms with Crippen molar-refractivity contribution in [2.75, 3.05) is 24.4 Å². The molecule has 2 N–H and O–H groups in total. The zero-order valence-electron chi connectivity index (χ0n) is 15.4. The summed E-state index contributed by atoms with van der Waals surface area (Å²) in [6.07, 6.45) is 0. The van der Waals surface area contributed by atoms with E-state index in [1.165, 1.54) is 0 Å². The Hall–Kier alpha value is -3.18. The quantitative estimate of drug-likeness (QED) is 0.563. The standard InChI is InChI=1S/C22H21ClN2O3/c1-27-21-13-16(14-24-18-10-8-17(23)9-11-18)7-12-20(21)28-15-22(26)25-19-5-3-2-4-6-19/h2-13,24H,14-15H2,1H3,(H,25,26). The van der Waals surface area contributed by atoms with Gasteiger partial charge < -0.3 is 20.1 Å². The predicted octanol–water partition coefficient (Wildman–Crippen LogP) is 4.98. The molecule has 0 unspecified atom stereocenters. The summed E-state index contributed by atoms with van der Waals surface area (Å²) in [5, 5.41) is 6.80. The van der Waals surface area contributed by atoms with Crippen molar-refractivity contribution in [2.45, 2.75) is 6.54 Å². The van der Waals surface area contributed by atoms with Crippen molar-refractivity contribution in [2.24, 2.45) is 0 Å². The van der Waals surface area contributed by atoms with Crippen LogP contribution in [0.4, 0.5) is 11.4 Å². The van der Waals surface area contributed by atoms with E-state index in [1.54, 1.807) is 13.2 Å². The molecule has 0 aromatic heterocycles. The van der Waals surface area contributed by atoms with Gasteiger partial charge >= 0.3 is 0 Å². The summed E-state index contributed by atoms with van der Waals surface area (Å²) in [5.74, 6) is 0.852. The number of benzene rings is 3. The number of anilines is 2. The van der Waals surface area contributed by atoms with Crippen molar-refractivity contribution in [3.05, 3.63) is 83.4 Å². The lowest BCUT2D eigenvalue weighted by molar-refractivity contribution is -0.118. The third kappa shape index (κ3) is 5.66. The van der Waals surface area contributed by atoms with Crippen LogP contribution < -0.4 is 20.1 Å². The van der Waals surface area contributed by atoms with Gasteiger partial charge in [-0.2, -0.15) is 0 Å². The number of ether oxygens (including phenoxy) is 2. The Morgan fingerprint density at radius 1 is 0.929 bits per heavy atom. The number of hydrogen-bond donors (Lipinski definition) is 2. The molecule has 0 saturated heterocycles. The van der Waals surface area contributed by atoms with Crippen LogP contribution in [0.1, 0.15) is 5.56 Å². The molecule has 3 aromatic rings. The second-order valence-electron chi connectivity index (χ2n) is 6.05. The van der Waals surface area contributed by atoms with Gasteiger partial charge in [-0.05, 0) is 54.1 Å². The molecule has 1 amide bonds. The van der Waals surface area contributed by atoms with Crippen LogP contribution in [0.5, 0.6) is 11.5 Å². The van der Waals surface area contributed by atoms with Crippen LogP contribution in [0.3, 0.4) is 0 Å². The molecular weight excluding hydrogens is 376 g/mol. The maximum Gasteiger partial charge on any atom is 0.262 e. The average Bonchev–Trinajstić information content (AvgIpc) is 2.73. The molecule has 3 rings (SSSR count). The van der Waals surface area contributed by atoms with Crippen LogP contribution in [-0.2, 0) is 11.3 Å². The Balaban J connectivity index is 1.56. The first kappa shape index (κ1) is 19.6. The fourth-order valence-corrected chi connectivity index (χ4v) is 2.70. The van der Waals surface area contributed by atoms with Crippen molar-refractivity contribution in [3.63, 3.8) is 0 Å². The van der Waals surface area contributed by atoms with E-state index >= 15 is 0 Å². The van der Waals surface area contributed by atoms with Crippen LogP contribution in [-0.4, -0.2) is 19.6 Å². The van der Waals surface area contributed by atoms with Crippen molar-refractivity contribution in [1.82, 2.24) is 0 Å². The first-order valence-electron chi connectivity index (χ1n) is 8.78. The number of amides is 1. The first-order valence-corrected chi connectivity index (χ1v) is 9.16. The topological polar surface area (TPSA) is 59.6 Å². The number of para-hydroxylation sites is 1. The van der Waals surface area contributed by atoms with Gasteiger partial charge in [0.25, 0.3) is 5.91 Å². The molecule has 5 nitrogen and oxygen atoms in total. The van der Waals surface area contributed by atoms with Gasteiger partial charge in [0, 0.05) is 22.9 Å². The number of rotatable bonds is 8. The van der Waals surface area contributed by atoms with Crippen molar-refractivity contribution in [3.8, 4) is 11.5 Å². The fraction of sp³-hybridized carbons (Fsp3) is 0.136. The van der Waals surface area contributed by atoms with Gasteiger partial charge in [0.05, 0.1) is 7.11 Å². The third-order valence-corrected chi connectivity index (χ3v) is 4.24. The molecule has 0 bridgehead atoms. The predicted molar refractivity (Wildman–Crippen MR) is 112 cm³/mol. The van der Waals surface area contributed by atoms with E-state index in [9.17, 15) is 4.79 Å². The number of methoxy groups -OCH3 is 1. The van der Waals surface area contributed by atoms with E-state index in [-0.39, 0.29) is 12.5 Å². The second-order valence-corrected chi connectivity index (χ2v) is 6.48. The van der Waals surface area contributed by atoms with E-state index < -0.39 is 0 Å². The maximum atomic E-state index is 12.0. The van der Waals surface area contributed by atoms with Gasteiger partial charge in [-0.1, -0.05) is 35.9 Å². The Morgan fingerprint density at radius 3 is 2.39 bits per heavy atom. The highest BCUT2D eigenvalue weighted by Gasteiger charge is 2.09. The molecule has 0 aliphatic rings. The SMILES string of the molecule is COc1cc(CNc2ccc(Cl)cc2)ccc1OCC(=O)Nc1ccccc1. The Kier molecular flexibility index (Phi) is 6.76. The van der Waals surface area contributed by atoms with E-state index in [1.807, 2.05) is 66.7 Å². The van der Waals surface area contributed by atoms with E-state index in [0.29, 0.717) is 23.1 Å². The molecule has 144 valence electrons. The van der Waals surface area contributed by atoms with Crippen LogP contribution in [0, 0.1) is 0 Å². The minimum atomic E-state index is -0.235. The fourth-order valence-electron chi connectivity index (χ4n) is 2.57. The van der Waals surface area contributed by atoms with E-state index in [4.69, 9.17) is 21.1 Å². The molecule has 0 aliphatic heterocycles. The highest BCUT2D eigenvalue weighted by molar-refractivity contribution is 6.30. The zero-order chi connectivity index (χ0) is 19.8. The Bertz CT molecular complexity index is 915. The maximum absolute atomic E-state index is 12.0. The lowest BCUT2D eigenvalue weighted by Gasteiger charge is -2.13. The molecule has 0 spiro atoms. The summed E-state index contributed by atoms with van der Waals surface area (Å²) in [6.45, 7) is 0.514. The Labute approximate surface area is 169 Å². The zero-order valence-corrected chi connectivity index (χ0v) is 16.2. The van der Waals surface area contributed by atoms with Gasteiger partial charge in [0.2, 0.25) is 0 Å². The Morgan fingerprint density at radius 2 is 1.68 bits per heavy atom. The molecule has 0 fully saturated rings. The minimum absolute atomic E-state index is 0.104. The minimum Gasteiger partial charge on any atom is -0.493 e. The normalized spacial score (nSPS) is 10.2. The molecule has 3 aromatic carbocycles. The van der Waals surface area contributed by atoms with Crippen LogP contribution >= 0.6 is 11.6 Å². The van der Waals surface area contributed by atoms with Crippen LogP contribution in [0.25, 0.3) is 0 Å². The number of carbonyl (C=O) groups is 1. The molecule has 0 aliphatic carbocycles. The summed E-state index contributed by atoms with van der Waals surface area (Å²) in [4.78, 5) is 12.0. The van der Waals surface area contributed by atoms with E-state index in [0.717, 1.165) is 16.9 Å². The summed E-state index contributed by atoms with van der Waals surface area (Å²) < 4.78 is 11.0. The van der Waals surface area contributed by atoms with Crippen LogP contribution in [0.2, 0.25) is 5.02 Å². The van der Waals surface area contributed by atoms with Gasteiger partial charge in [0.1, 0.15) is 0 Å². The third-order valence-electron chi connectivity index (χ3n) is 3.99. The largest absolute Gasteiger partial charge is 0.493 e. The number of hydrogen-bond acceptors (Lipinski definition) is 4. The number of halogens is 1. The van der Waals surface area contributed by atoms with Crippen LogP contribution in [0.15, 0.2) is 72.8 Å². The molecule has 0 heterocycles. The molecule has 0 saturated carbocycles. The molecular formula is C22H21ClN2O3. The molecule has 0 atom stereocenters. The first-order chi connectivity index (χ1) is 13.6. The van der Waals surface area contributed by atoms with E-state index in [2.05, 4.69) is 10.6 Å². The number of nitrogens with one attached hydrogen (secondary N) is 2. The second kappa shape index (κ2) is 9.67. The molecule has 6 heteroatoms. The van der Waals surface area contributed by atoms with Gasteiger partial charge in [0.15, 0.2) is 18.1 Å². The summed E-state index contributed by atoms with van der Waals surface area (Å²) in [7, 11) is 1.57.